The first-order valence-electron chi connectivity index (χ1n) is 9.17. The summed E-state index contributed by atoms with van der Waals surface area (Å²) in [6.07, 6.45) is 2.93. The van der Waals surface area contributed by atoms with E-state index in [1.807, 2.05) is 27.7 Å². The lowest BCUT2D eigenvalue weighted by Gasteiger charge is -2.27. The third kappa shape index (κ3) is 5.57. The van der Waals surface area contributed by atoms with Crippen LogP contribution < -0.4 is 5.32 Å². The van der Waals surface area contributed by atoms with Gasteiger partial charge in [-0.1, -0.05) is 25.4 Å². The minimum absolute atomic E-state index is 0.0162. The number of rotatable bonds is 8. The van der Waals surface area contributed by atoms with E-state index in [4.69, 9.17) is 16.0 Å². The van der Waals surface area contributed by atoms with E-state index in [9.17, 15) is 9.59 Å². The fraction of sp³-hybridized carbons (Fsp3) is 0.450. The van der Waals surface area contributed by atoms with Gasteiger partial charge in [0.15, 0.2) is 5.69 Å². The lowest BCUT2D eigenvalue weighted by atomic mass is 10.1. The number of amides is 2. The maximum atomic E-state index is 12.9. The van der Waals surface area contributed by atoms with Crippen LogP contribution in [0.5, 0.6) is 0 Å². The fourth-order valence-corrected chi connectivity index (χ4v) is 2.57. The van der Waals surface area contributed by atoms with Crippen LogP contribution in [0.2, 0.25) is 5.02 Å². The van der Waals surface area contributed by atoms with Crippen molar-refractivity contribution in [1.82, 2.24) is 15.2 Å². The van der Waals surface area contributed by atoms with Crippen molar-refractivity contribution >= 4 is 23.4 Å². The van der Waals surface area contributed by atoms with Crippen LogP contribution in [-0.2, 0) is 6.54 Å². The summed E-state index contributed by atoms with van der Waals surface area (Å²) in [7, 11) is 0. The Morgan fingerprint density at radius 2 is 1.85 bits per heavy atom. The largest absolute Gasteiger partial charge is 0.446 e. The van der Waals surface area contributed by atoms with Crippen molar-refractivity contribution in [1.29, 1.82) is 0 Å². The first kappa shape index (κ1) is 21.0. The van der Waals surface area contributed by atoms with Gasteiger partial charge >= 0.3 is 0 Å². The quantitative estimate of drug-likeness (QED) is 0.728. The van der Waals surface area contributed by atoms with Crippen molar-refractivity contribution < 1.29 is 14.0 Å². The molecule has 1 heterocycles. The lowest BCUT2D eigenvalue weighted by Crippen LogP contribution is -2.38. The molecule has 0 aliphatic heterocycles. The molecule has 2 rings (SSSR count). The van der Waals surface area contributed by atoms with Crippen LogP contribution in [0.1, 0.15) is 67.3 Å². The first-order valence-corrected chi connectivity index (χ1v) is 9.55. The first-order chi connectivity index (χ1) is 12.8. The van der Waals surface area contributed by atoms with Gasteiger partial charge in [0, 0.05) is 22.7 Å². The van der Waals surface area contributed by atoms with Crippen LogP contribution in [0.15, 0.2) is 34.9 Å². The zero-order valence-electron chi connectivity index (χ0n) is 16.2. The molecule has 27 heavy (non-hydrogen) atoms. The van der Waals surface area contributed by atoms with Gasteiger partial charge < -0.3 is 14.6 Å². The van der Waals surface area contributed by atoms with E-state index in [-0.39, 0.29) is 36.1 Å². The number of hydrogen-bond acceptors (Lipinski definition) is 4. The van der Waals surface area contributed by atoms with Crippen LogP contribution in [0.25, 0.3) is 0 Å². The second-order valence-corrected chi connectivity index (χ2v) is 7.04. The van der Waals surface area contributed by atoms with Gasteiger partial charge in [-0.05, 0) is 51.0 Å². The third-order valence-electron chi connectivity index (χ3n) is 4.55. The van der Waals surface area contributed by atoms with Crippen LogP contribution in [0, 0.1) is 0 Å². The molecular formula is C20H26ClN3O3. The Labute approximate surface area is 164 Å². The van der Waals surface area contributed by atoms with Crippen LogP contribution in [0.4, 0.5) is 0 Å². The van der Waals surface area contributed by atoms with Gasteiger partial charge in [-0.15, -0.1) is 0 Å². The minimum atomic E-state index is -0.279. The number of halogens is 1. The van der Waals surface area contributed by atoms with Crippen molar-refractivity contribution in [2.75, 3.05) is 0 Å². The molecule has 146 valence electrons. The van der Waals surface area contributed by atoms with E-state index in [2.05, 4.69) is 10.3 Å². The number of oxazole rings is 1. The fourth-order valence-electron chi connectivity index (χ4n) is 2.44. The molecule has 0 radical (unpaired) electrons. The third-order valence-corrected chi connectivity index (χ3v) is 4.81. The summed E-state index contributed by atoms with van der Waals surface area (Å²) in [6, 6.07) is 6.80. The predicted molar refractivity (Wildman–Crippen MR) is 105 cm³/mol. The number of aromatic nitrogens is 1. The number of carbonyl (C=O) groups excluding carboxylic acids is 2. The van der Waals surface area contributed by atoms with Crippen LogP contribution in [0.3, 0.4) is 0 Å². The summed E-state index contributed by atoms with van der Waals surface area (Å²) in [4.78, 5) is 31.0. The minimum Gasteiger partial charge on any atom is -0.446 e. The standard InChI is InChI=1S/C20H26ClN3O3/c1-5-13(3)22-19(25)17-12-27-18(23-17)11-24(14(4)6-2)20(26)15-7-9-16(21)10-8-15/h7-10,12-14H,5-6,11H2,1-4H3,(H,22,25)/t13-,14-/m1/s1. The van der Waals surface area contributed by atoms with Gasteiger partial charge in [0.25, 0.3) is 11.8 Å². The number of nitrogens with one attached hydrogen (secondary N) is 1. The van der Waals surface area contributed by atoms with Crippen molar-refractivity contribution in [2.24, 2.45) is 0 Å². The smallest absolute Gasteiger partial charge is 0.273 e. The summed E-state index contributed by atoms with van der Waals surface area (Å²) in [5.41, 5.74) is 0.759. The van der Waals surface area contributed by atoms with Crippen molar-refractivity contribution in [3.05, 3.63) is 52.7 Å². The van der Waals surface area contributed by atoms with E-state index in [1.165, 1.54) is 6.26 Å². The maximum absolute atomic E-state index is 12.9. The lowest BCUT2D eigenvalue weighted by molar-refractivity contribution is 0.0652. The highest BCUT2D eigenvalue weighted by molar-refractivity contribution is 6.30. The molecule has 7 heteroatoms. The Balaban J connectivity index is 2.16. The Morgan fingerprint density at radius 1 is 1.19 bits per heavy atom. The number of carbonyl (C=O) groups is 2. The number of benzene rings is 1. The zero-order valence-corrected chi connectivity index (χ0v) is 16.9. The monoisotopic (exact) mass is 391 g/mol. The molecule has 1 aromatic heterocycles. The second kappa shape index (κ2) is 9.55. The van der Waals surface area contributed by atoms with E-state index < -0.39 is 0 Å². The molecule has 0 saturated carbocycles. The van der Waals surface area contributed by atoms with Gasteiger partial charge in [-0.25, -0.2) is 4.98 Å². The molecule has 0 bridgehead atoms. The van der Waals surface area contributed by atoms with Crippen LogP contribution in [-0.4, -0.2) is 33.8 Å². The second-order valence-electron chi connectivity index (χ2n) is 6.61. The molecule has 1 aromatic carbocycles. The average molecular weight is 392 g/mol. The van der Waals surface area contributed by atoms with Gasteiger partial charge in [-0.2, -0.15) is 0 Å². The molecule has 0 saturated heterocycles. The maximum Gasteiger partial charge on any atom is 0.273 e. The molecule has 0 aliphatic rings. The van der Waals surface area contributed by atoms with Crippen molar-refractivity contribution in [3.63, 3.8) is 0 Å². The average Bonchev–Trinajstić information content (AvgIpc) is 3.14. The van der Waals surface area contributed by atoms with E-state index in [1.54, 1.807) is 29.2 Å². The van der Waals surface area contributed by atoms with Crippen molar-refractivity contribution in [2.45, 2.75) is 59.2 Å². The molecule has 0 unspecified atom stereocenters. The summed E-state index contributed by atoms with van der Waals surface area (Å²) in [5, 5.41) is 3.42. The highest BCUT2D eigenvalue weighted by Gasteiger charge is 2.23. The number of nitrogens with zero attached hydrogens (tertiary/aromatic N) is 2. The highest BCUT2D eigenvalue weighted by Crippen LogP contribution is 2.17. The van der Waals surface area contributed by atoms with Gasteiger partial charge in [0.2, 0.25) is 5.89 Å². The molecule has 0 spiro atoms. The molecule has 6 nitrogen and oxygen atoms in total. The number of hydrogen-bond donors (Lipinski definition) is 1. The van der Waals surface area contributed by atoms with Crippen LogP contribution >= 0.6 is 11.6 Å². The summed E-state index contributed by atoms with van der Waals surface area (Å²) < 4.78 is 5.44. The molecule has 2 amide bonds. The van der Waals surface area contributed by atoms with E-state index in [0.717, 1.165) is 12.8 Å². The summed E-state index contributed by atoms with van der Waals surface area (Å²) in [5.74, 6) is -0.0878. The summed E-state index contributed by atoms with van der Waals surface area (Å²) >= 11 is 5.91. The molecule has 0 aliphatic carbocycles. The van der Waals surface area contributed by atoms with Gasteiger partial charge in [0.1, 0.15) is 6.26 Å². The Bertz CT molecular complexity index is 773. The topological polar surface area (TPSA) is 75.4 Å². The predicted octanol–water partition coefficient (Wildman–Crippen LogP) is 4.30. The highest BCUT2D eigenvalue weighted by atomic mass is 35.5. The van der Waals surface area contributed by atoms with E-state index >= 15 is 0 Å². The molecule has 0 fully saturated rings. The summed E-state index contributed by atoms with van der Waals surface area (Å²) in [6.45, 7) is 8.08. The Kier molecular flexibility index (Phi) is 7.42. The van der Waals surface area contributed by atoms with Gasteiger partial charge in [-0.3, -0.25) is 9.59 Å². The Morgan fingerprint density at radius 3 is 2.44 bits per heavy atom. The normalized spacial score (nSPS) is 13.1. The molecule has 2 aromatic rings. The van der Waals surface area contributed by atoms with E-state index in [0.29, 0.717) is 16.5 Å². The zero-order chi connectivity index (χ0) is 20.0. The SMILES string of the molecule is CC[C@@H](C)NC(=O)c1coc(CN(C(=O)c2ccc(Cl)cc2)[C@H](C)CC)n1. The molecule has 2 atom stereocenters. The van der Waals surface area contributed by atoms with Gasteiger partial charge in [0.05, 0.1) is 6.54 Å². The molecular weight excluding hydrogens is 366 g/mol. The molecule has 1 N–H and O–H groups in total. The Hall–Kier alpha value is -2.34. The van der Waals surface area contributed by atoms with Crippen molar-refractivity contribution in [3.8, 4) is 0 Å².